The molecule has 0 radical (unpaired) electrons. The van der Waals surface area contributed by atoms with E-state index in [9.17, 15) is 4.79 Å². The number of rotatable bonds is 2. The van der Waals surface area contributed by atoms with Gasteiger partial charge in [-0.2, -0.15) is 0 Å². The minimum absolute atomic E-state index is 0.0194. The first-order valence-corrected chi connectivity index (χ1v) is 4.25. The molecule has 0 aliphatic heterocycles. The molecule has 0 aliphatic carbocycles. The second-order valence-electron chi connectivity index (χ2n) is 3.68. The van der Waals surface area contributed by atoms with Crippen molar-refractivity contribution in [3.8, 4) is 0 Å². The zero-order chi connectivity index (χ0) is 9.19. The van der Waals surface area contributed by atoms with Crippen molar-refractivity contribution < 1.29 is 0 Å². The molecule has 0 spiro atoms. The van der Waals surface area contributed by atoms with E-state index in [1.54, 1.807) is 12.3 Å². The molecular formula is C10H15NO. The van der Waals surface area contributed by atoms with E-state index in [0.717, 1.165) is 12.0 Å². The maximum Gasteiger partial charge on any atom is 0.248 e. The fourth-order valence-electron chi connectivity index (χ4n) is 1.07. The molecule has 1 rings (SSSR count). The lowest BCUT2D eigenvalue weighted by molar-refractivity contribution is 0.505. The largest absolute Gasteiger partial charge is 0.329 e. The monoisotopic (exact) mass is 165 g/mol. The second kappa shape index (κ2) is 3.13. The van der Waals surface area contributed by atoms with Gasteiger partial charge in [-0.25, -0.2) is 0 Å². The summed E-state index contributed by atoms with van der Waals surface area (Å²) in [6.07, 6.45) is 2.74. The van der Waals surface area contributed by atoms with E-state index in [-0.39, 0.29) is 11.0 Å². The molecule has 12 heavy (non-hydrogen) atoms. The van der Waals surface area contributed by atoms with Gasteiger partial charge in [-0.3, -0.25) is 4.79 Å². The molecule has 0 saturated carbocycles. The molecule has 2 heteroatoms. The number of hydrogen-bond acceptors (Lipinski definition) is 1. The average molecular weight is 165 g/mol. The van der Waals surface area contributed by atoms with Gasteiger partial charge in [-0.05, 0) is 23.5 Å². The summed E-state index contributed by atoms with van der Waals surface area (Å²) in [4.78, 5) is 13.6. The van der Waals surface area contributed by atoms with Crippen LogP contribution in [0.25, 0.3) is 0 Å². The summed E-state index contributed by atoms with van der Waals surface area (Å²) in [5, 5.41) is 0. The molecule has 0 atom stereocenters. The molecule has 0 aliphatic rings. The Labute approximate surface area is 72.6 Å². The normalized spacial score (nSPS) is 11.6. The molecule has 2 nitrogen and oxygen atoms in total. The topological polar surface area (TPSA) is 32.9 Å². The minimum atomic E-state index is -0.0194. The van der Waals surface area contributed by atoms with Crippen molar-refractivity contribution >= 4 is 0 Å². The summed E-state index contributed by atoms with van der Waals surface area (Å²) >= 11 is 0. The molecule has 0 saturated heterocycles. The molecule has 66 valence electrons. The van der Waals surface area contributed by atoms with Crippen LogP contribution in [0.4, 0.5) is 0 Å². The van der Waals surface area contributed by atoms with Crippen LogP contribution in [0.2, 0.25) is 0 Å². The zero-order valence-corrected chi connectivity index (χ0v) is 7.85. The first-order valence-electron chi connectivity index (χ1n) is 4.25. The zero-order valence-electron chi connectivity index (χ0n) is 7.85. The smallest absolute Gasteiger partial charge is 0.248 e. The molecule has 0 amide bonds. The minimum Gasteiger partial charge on any atom is -0.329 e. The molecule has 1 heterocycles. The number of nitrogens with one attached hydrogen (secondary N) is 1. The molecular weight excluding hydrogens is 150 g/mol. The van der Waals surface area contributed by atoms with Crippen molar-refractivity contribution in [1.82, 2.24) is 4.98 Å². The van der Waals surface area contributed by atoms with Gasteiger partial charge in [-0.1, -0.05) is 20.8 Å². The van der Waals surface area contributed by atoms with Gasteiger partial charge in [0.05, 0.1) is 0 Å². The number of hydrogen-bond donors (Lipinski definition) is 1. The van der Waals surface area contributed by atoms with Gasteiger partial charge in [0.2, 0.25) is 5.56 Å². The van der Waals surface area contributed by atoms with Gasteiger partial charge in [0.15, 0.2) is 0 Å². The highest BCUT2D eigenvalue weighted by atomic mass is 16.1. The summed E-state index contributed by atoms with van der Waals surface area (Å²) in [6, 6.07) is 3.63. The van der Waals surface area contributed by atoms with E-state index in [2.05, 4.69) is 25.8 Å². The van der Waals surface area contributed by atoms with Crippen molar-refractivity contribution in [1.29, 1.82) is 0 Å². The average Bonchev–Trinajstić information content (AvgIpc) is 2.05. The maximum absolute atomic E-state index is 11.0. The Kier molecular flexibility index (Phi) is 2.36. The number of H-pyrrole nitrogens is 1. The molecule has 0 fully saturated rings. The quantitative estimate of drug-likeness (QED) is 0.715. The van der Waals surface area contributed by atoms with E-state index in [1.807, 2.05) is 6.07 Å². The predicted molar refractivity (Wildman–Crippen MR) is 50.4 cm³/mol. The summed E-state index contributed by atoms with van der Waals surface area (Å²) in [5.74, 6) is 0. The lowest BCUT2D eigenvalue weighted by Crippen LogP contribution is -2.18. The number of aromatic amines is 1. The molecule has 1 aromatic rings. The third kappa shape index (κ3) is 1.76. The van der Waals surface area contributed by atoms with Gasteiger partial charge >= 0.3 is 0 Å². The molecule has 0 bridgehead atoms. The lowest BCUT2D eigenvalue weighted by Gasteiger charge is -2.22. The van der Waals surface area contributed by atoms with Crippen LogP contribution in [-0.4, -0.2) is 4.98 Å². The summed E-state index contributed by atoms with van der Waals surface area (Å²) in [6.45, 7) is 6.41. The van der Waals surface area contributed by atoms with Crippen LogP contribution >= 0.6 is 0 Å². The van der Waals surface area contributed by atoms with E-state index >= 15 is 0 Å². The van der Waals surface area contributed by atoms with Crippen molar-refractivity contribution in [3.63, 3.8) is 0 Å². The second-order valence-corrected chi connectivity index (χ2v) is 3.68. The molecule has 1 N–H and O–H groups in total. The van der Waals surface area contributed by atoms with E-state index in [4.69, 9.17) is 0 Å². The standard InChI is InChI=1S/C10H15NO/c1-4-10(2,3)8-5-6-11-9(12)7-8/h5-7H,4H2,1-3H3,(H,11,12). The number of aromatic nitrogens is 1. The lowest BCUT2D eigenvalue weighted by atomic mass is 9.83. The van der Waals surface area contributed by atoms with Crippen LogP contribution in [0, 0.1) is 0 Å². The van der Waals surface area contributed by atoms with Crippen molar-refractivity contribution in [2.45, 2.75) is 32.6 Å². The Balaban J connectivity index is 3.11. The first kappa shape index (κ1) is 9.04. The molecule has 1 aromatic heterocycles. The number of pyridine rings is 1. The van der Waals surface area contributed by atoms with E-state index < -0.39 is 0 Å². The van der Waals surface area contributed by atoms with Crippen molar-refractivity contribution in [3.05, 3.63) is 34.2 Å². The Morgan fingerprint density at radius 1 is 1.50 bits per heavy atom. The van der Waals surface area contributed by atoms with Crippen LogP contribution in [-0.2, 0) is 5.41 Å². The SMILES string of the molecule is CCC(C)(C)c1cc[nH]c(=O)c1. The summed E-state index contributed by atoms with van der Waals surface area (Å²) < 4.78 is 0. The Morgan fingerprint density at radius 3 is 2.67 bits per heavy atom. The van der Waals surface area contributed by atoms with Crippen LogP contribution < -0.4 is 5.56 Å². The fraction of sp³-hybridized carbons (Fsp3) is 0.500. The van der Waals surface area contributed by atoms with Crippen LogP contribution in [0.3, 0.4) is 0 Å². The van der Waals surface area contributed by atoms with Gasteiger partial charge in [0.1, 0.15) is 0 Å². The fourth-order valence-corrected chi connectivity index (χ4v) is 1.07. The van der Waals surface area contributed by atoms with Gasteiger partial charge in [0.25, 0.3) is 0 Å². The van der Waals surface area contributed by atoms with E-state index in [1.165, 1.54) is 0 Å². The van der Waals surface area contributed by atoms with Crippen molar-refractivity contribution in [2.75, 3.05) is 0 Å². The molecule has 0 aromatic carbocycles. The highest BCUT2D eigenvalue weighted by molar-refractivity contribution is 5.19. The van der Waals surface area contributed by atoms with Crippen molar-refractivity contribution in [2.24, 2.45) is 0 Å². The molecule has 0 unspecified atom stereocenters. The van der Waals surface area contributed by atoms with E-state index in [0.29, 0.717) is 0 Å². The highest BCUT2D eigenvalue weighted by Crippen LogP contribution is 2.24. The Morgan fingerprint density at radius 2 is 2.17 bits per heavy atom. The third-order valence-corrected chi connectivity index (χ3v) is 2.44. The van der Waals surface area contributed by atoms with Crippen LogP contribution in [0.1, 0.15) is 32.8 Å². The van der Waals surface area contributed by atoms with Crippen LogP contribution in [0.15, 0.2) is 23.1 Å². The third-order valence-electron chi connectivity index (χ3n) is 2.44. The van der Waals surface area contributed by atoms with Gasteiger partial charge in [-0.15, -0.1) is 0 Å². The predicted octanol–water partition coefficient (Wildman–Crippen LogP) is 2.06. The van der Waals surface area contributed by atoms with Gasteiger partial charge < -0.3 is 4.98 Å². The Bertz CT molecular complexity index is 312. The maximum atomic E-state index is 11.0. The van der Waals surface area contributed by atoms with Crippen LogP contribution in [0.5, 0.6) is 0 Å². The summed E-state index contributed by atoms with van der Waals surface area (Å²) in [5.41, 5.74) is 1.19. The first-order chi connectivity index (χ1) is 5.56. The highest BCUT2D eigenvalue weighted by Gasteiger charge is 2.17. The van der Waals surface area contributed by atoms with Gasteiger partial charge in [0, 0.05) is 12.3 Å². The Hall–Kier alpha value is -1.05. The summed E-state index contributed by atoms with van der Waals surface area (Å²) in [7, 11) is 0.